The number of hydrogen-bond acceptors (Lipinski definition) is 3. The Morgan fingerprint density at radius 2 is 1.74 bits per heavy atom. The molecular weight excluding hydrogens is 296 g/mol. The Morgan fingerprint density at radius 3 is 2.35 bits per heavy atom. The van der Waals surface area contributed by atoms with Gasteiger partial charge in [0.1, 0.15) is 0 Å². The SMILES string of the molecule is CC(C)c1cc(C(=O)Nc2cccc(NC(N)=O)c2)cc(=O)[nH]1. The largest absolute Gasteiger partial charge is 0.351 e. The minimum Gasteiger partial charge on any atom is -0.351 e. The van der Waals surface area contributed by atoms with Crippen LogP contribution in [-0.2, 0) is 0 Å². The molecule has 0 spiro atoms. The third-order valence-electron chi connectivity index (χ3n) is 3.14. The second-order valence-corrected chi connectivity index (χ2v) is 5.37. The molecule has 0 atom stereocenters. The van der Waals surface area contributed by atoms with Gasteiger partial charge in [-0.1, -0.05) is 19.9 Å². The second kappa shape index (κ2) is 6.78. The van der Waals surface area contributed by atoms with Gasteiger partial charge >= 0.3 is 6.03 Å². The second-order valence-electron chi connectivity index (χ2n) is 5.37. The highest BCUT2D eigenvalue weighted by molar-refractivity contribution is 6.04. The summed E-state index contributed by atoms with van der Waals surface area (Å²) in [6.07, 6.45) is 0. The highest BCUT2D eigenvalue weighted by Gasteiger charge is 2.11. The molecule has 1 heterocycles. The first-order chi connectivity index (χ1) is 10.8. The predicted octanol–water partition coefficient (Wildman–Crippen LogP) is 2.24. The number of nitrogens with two attached hydrogens (primary N) is 1. The molecule has 0 fully saturated rings. The third kappa shape index (κ3) is 4.44. The van der Waals surface area contributed by atoms with Crippen LogP contribution in [0.15, 0.2) is 41.2 Å². The molecule has 0 bridgehead atoms. The lowest BCUT2D eigenvalue weighted by Crippen LogP contribution is -2.20. The van der Waals surface area contributed by atoms with Crippen molar-refractivity contribution in [2.24, 2.45) is 5.73 Å². The standard InChI is InChI=1S/C16H18N4O3/c1-9(2)13-6-10(7-14(21)20-13)15(22)18-11-4-3-5-12(8-11)19-16(17)23/h3-9H,1-2H3,(H,18,22)(H,20,21)(H3,17,19,23). The van der Waals surface area contributed by atoms with E-state index in [0.717, 1.165) is 0 Å². The smallest absolute Gasteiger partial charge is 0.316 e. The number of pyridine rings is 1. The van der Waals surface area contributed by atoms with Crippen LogP contribution in [-0.4, -0.2) is 16.9 Å². The van der Waals surface area contributed by atoms with Crippen LogP contribution in [0, 0.1) is 0 Å². The van der Waals surface area contributed by atoms with Crippen LogP contribution >= 0.6 is 0 Å². The van der Waals surface area contributed by atoms with Crippen LogP contribution in [0.5, 0.6) is 0 Å². The number of nitrogens with one attached hydrogen (secondary N) is 3. The predicted molar refractivity (Wildman–Crippen MR) is 88.8 cm³/mol. The van der Waals surface area contributed by atoms with Gasteiger partial charge in [-0.2, -0.15) is 0 Å². The highest BCUT2D eigenvalue weighted by atomic mass is 16.2. The van der Waals surface area contributed by atoms with Crippen LogP contribution in [0.2, 0.25) is 0 Å². The molecule has 0 aliphatic rings. The van der Waals surface area contributed by atoms with Gasteiger partial charge in [-0.25, -0.2) is 4.79 Å². The summed E-state index contributed by atoms with van der Waals surface area (Å²) >= 11 is 0. The van der Waals surface area contributed by atoms with E-state index in [2.05, 4.69) is 15.6 Å². The molecule has 23 heavy (non-hydrogen) atoms. The average molecular weight is 314 g/mol. The van der Waals surface area contributed by atoms with Crippen LogP contribution in [0.3, 0.4) is 0 Å². The minimum atomic E-state index is -0.690. The third-order valence-corrected chi connectivity index (χ3v) is 3.14. The molecule has 7 heteroatoms. The molecule has 0 radical (unpaired) electrons. The van der Waals surface area contributed by atoms with Crippen LogP contribution in [0.25, 0.3) is 0 Å². The maximum atomic E-state index is 12.3. The number of aromatic amines is 1. The Morgan fingerprint density at radius 1 is 1.09 bits per heavy atom. The molecule has 0 aliphatic heterocycles. The van der Waals surface area contributed by atoms with Gasteiger partial charge in [0.05, 0.1) is 0 Å². The number of amides is 3. The molecule has 1 aromatic heterocycles. The zero-order valence-electron chi connectivity index (χ0n) is 12.8. The molecule has 7 nitrogen and oxygen atoms in total. The van der Waals surface area contributed by atoms with Gasteiger partial charge in [-0.15, -0.1) is 0 Å². The number of urea groups is 1. The number of primary amides is 1. The maximum absolute atomic E-state index is 12.3. The van der Waals surface area contributed by atoms with E-state index in [1.54, 1.807) is 30.3 Å². The minimum absolute atomic E-state index is 0.0959. The first-order valence-corrected chi connectivity index (χ1v) is 7.07. The van der Waals surface area contributed by atoms with E-state index >= 15 is 0 Å². The summed E-state index contributed by atoms with van der Waals surface area (Å²) in [5.74, 6) is -0.312. The normalized spacial score (nSPS) is 10.4. The van der Waals surface area contributed by atoms with Crippen molar-refractivity contribution in [3.63, 3.8) is 0 Å². The lowest BCUT2D eigenvalue weighted by Gasteiger charge is -2.10. The van der Waals surface area contributed by atoms with Crippen molar-refractivity contribution in [1.82, 2.24) is 4.98 Å². The number of carbonyl (C=O) groups is 2. The fraction of sp³-hybridized carbons (Fsp3) is 0.188. The quantitative estimate of drug-likeness (QED) is 0.693. The zero-order chi connectivity index (χ0) is 17.0. The molecule has 0 saturated heterocycles. The molecule has 0 aliphatic carbocycles. The summed E-state index contributed by atoms with van der Waals surface area (Å²) in [7, 11) is 0. The van der Waals surface area contributed by atoms with Crippen molar-refractivity contribution in [2.45, 2.75) is 19.8 Å². The van der Waals surface area contributed by atoms with Gasteiger partial charge in [0.2, 0.25) is 5.56 Å². The van der Waals surface area contributed by atoms with Gasteiger partial charge in [-0.05, 0) is 30.2 Å². The number of H-pyrrole nitrogens is 1. The molecular formula is C16H18N4O3. The van der Waals surface area contributed by atoms with Crippen molar-refractivity contribution in [1.29, 1.82) is 0 Å². The summed E-state index contributed by atoms with van der Waals surface area (Å²) in [5.41, 5.74) is 6.62. The van der Waals surface area contributed by atoms with Crippen LogP contribution in [0.4, 0.5) is 16.2 Å². The Hall–Kier alpha value is -3.09. The van der Waals surface area contributed by atoms with E-state index in [1.165, 1.54) is 6.07 Å². The molecule has 2 rings (SSSR count). The van der Waals surface area contributed by atoms with E-state index in [1.807, 2.05) is 13.8 Å². The summed E-state index contributed by atoms with van der Waals surface area (Å²) < 4.78 is 0. The van der Waals surface area contributed by atoms with Crippen LogP contribution < -0.4 is 21.9 Å². The highest BCUT2D eigenvalue weighted by Crippen LogP contribution is 2.17. The van der Waals surface area contributed by atoms with E-state index in [-0.39, 0.29) is 17.0 Å². The van der Waals surface area contributed by atoms with E-state index in [4.69, 9.17) is 5.73 Å². The van der Waals surface area contributed by atoms with Crippen LogP contribution in [0.1, 0.15) is 35.8 Å². The number of aromatic nitrogens is 1. The average Bonchev–Trinajstić information content (AvgIpc) is 2.46. The molecule has 2 aromatic rings. The number of hydrogen-bond donors (Lipinski definition) is 4. The van der Waals surface area contributed by atoms with Gasteiger partial charge in [-0.3, -0.25) is 9.59 Å². The summed E-state index contributed by atoms with van der Waals surface area (Å²) in [6.45, 7) is 3.85. The van der Waals surface area contributed by atoms with Crippen molar-refractivity contribution in [2.75, 3.05) is 10.6 Å². The number of carbonyl (C=O) groups excluding carboxylic acids is 2. The Balaban J connectivity index is 2.22. The zero-order valence-corrected chi connectivity index (χ0v) is 12.8. The van der Waals surface area contributed by atoms with E-state index in [9.17, 15) is 14.4 Å². The Bertz CT molecular complexity index is 796. The molecule has 120 valence electrons. The summed E-state index contributed by atoms with van der Waals surface area (Å²) in [4.78, 5) is 37.5. The topological polar surface area (TPSA) is 117 Å². The fourth-order valence-corrected chi connectivity index (χ4v) is 2.03. The fourth-order valence-electron chi connectivity index (χ4n) is 2.03. The Labute approximate surface area is 132 Å². The molecule has 1 aromatic carbocycles. The van der Waals surface area contributed by atoms with E-state index < -0.39 is 11.9 Å². The first kappa shape index (κ1) is 16.3. The van der Waals surface area contributed by atoms with Crippen molar-refractivity contribution >= 4 is 23.3 Å². The molecule has 0 unspecified atom stereocenters. The van der Waals surface area contributed by atoms with Gasteiger partial charge < -0.3 is 21.4 Å². The molecule has 3 amide bonds. The number of benzene rings is 1. The molecule has 0 saturated carbocycles. The summed E-state index contributed by atoms with van der Waals surface area (Å²) in [5, 5.41) is 5.11. The monoisotopic (exact) mass is 314 g/mol. The number of rotatable bonds is 4. The lowest BCUT2D eigenvalue weighted by atomic mass is 10.1. The lowest BCUT2D eigenvalue weighted by molar-refractivity contribution is 0.102. The Kier molecular flexibility index (Phi) is 4.80. The van der Waals surface area contributed by atoms with Gasteiger partial charge in [0.25, 0.3) is 5.91 Å². The van der Waals surface area contributed by atoms with Gasteiger partial charge in [0.15, 0.2) is 0 Å². The van der Waals surface area contributed by atoms with Crippen molar-refractivity contribution < 1.29 is 9.59 Å². The van der Waals surface area contributed by atoms with Crippen molar-refractivity contribution in [3.05, 3.63) is 58.0 Å². The summed E-state index contributed by atoms with van der Waals surface area (Å²) in [6, 6.07) is 8.74. The van der Waals surface area contributed by atoms with E-state index in [0.29, 0.717) is 17.1 Å². The molecule has 5 N–H and O–H groups in total. The van der Waals surface area contributed by atoms with Crippen molar-refractivity contribution in [3.8, 4) is 0 Å². The number of anilines is 2. The maximum Gasteiger partial charge on any atom is 0.316 e. The van der Waals surface area contributed by atoms with Gasteiger partial charge in [0, 0.05) is 28.7 Å². The first-order valence-electron chi connectivity index (χ1n) is 7.07.